The van der Waals surface area contributed by atoms with E-state index < -0.39 is 10.2 Å². The molecule has 0 N–H and O–H groups in total. The number of rotatable bonds is 2. The van der Waals surface area contributed by atoms with E-state index in [2.05, 4.69) is 0 Å². The summed E-state index contributed by atoms with van der Waals surface area (Å²) in [6.07, 6.45) is 1.26. The molecular formula is C12H9FO2S. The van der Waals surface area contributed by atoms with Gasteiger partial charge in [0.15, 0.2) is 0 Å². The fraction of sp³-hybridized carbons (Fsp3) is 0. The standard InChI is InChI=1S/C12H9FO2S/c13-16(14,15)9-8-11-6-3-5-10-4-1-2-7-12(10)11/h1-9H/b9-8+. The van der Waals surface area contributed by atoms with Crippen LogP contribution in [-0.4, -0.2) is 8.42 Å². The molecule has 0 radical (unpaired) electrons. The Kier molecular flexibility index (Phi) is 2.75. The van der Waals surface area contributed by atoms with E-state index in [0.29, 0.717) is 11.0 Å². The van der Waals surface area contributed by atoms with Crippen LogP contribution in [0, 0.1) is 0 Å². The van der Waals surface area contributed by atoms with Crippen molar-refractivity contribution >= 4 is 27.1 Å². The van der Waals surface area contributed by atoms with Gasteiger partial charge in [-0.25, -0.2) is 0 Å². The Labute approximate surface area is 93.2 Å². The lowest BCUT2D eigenvalue weighted by atomic mass is 10.1. The summed E-state index contributed by atoms with van der Waals surface area (Å²) in [7, 11) is -4.57. The molecule has 0 unspecified atom stereocenters. The Morgan fingerprint density at radius 1 is 1.00 bits per heavy atom. The molecule has 0 fully saturated rings. The van der Waals surface area contributed by atoms with Crippen molar-refractivity contribution in [2.45, 2.75) is 0 Å². The van der Waals surface area contributed by atoms with Crippen LogP contribution in [0.5, 0.6) is 0 Å². The van der Waals surface area contributed by atoms with E-state index in [1.54, 1.807) is 12.1 Å². The molecule has 2 rings (SSSR count). The Hall–Kier alpha value is -1.68. The summed E-state index contributed by atoms with van der Waals surface area (Å²) >= 11 is 0. The molecule has 0 atom stereocenters. The molecule has 0 aromatic heterocycles. The average Bonchev–Trinajstić information content (AvgIpc) is 2.25. The molecule has 0 saturated heterocycles. The second-order valence-corrected chi connectivity index (χ2v) is 4.57. The summed E-state index contributed by atoms with van der Waals surface area (Å²) in [4.78, 5) is 0. The topological polar surface area (TPSA) is 34.1 Å². The van der Waals surface area contributed by atoms with Gasteiger partial charge in [-0.1, -0.05) is 42.5 Å². The lowest BCUT2D eigenvalue weighted by Gasteiger charge is -2.00. The molecule has 0 aliphatic carbocycles. The van der Waals surface area contributed by atoms with Gasteiger partial charge in [-0.3, -0.25) is 0 Å². The second kappa shape index (κ2) is 4.06. The van der Waals surface area contributed by atoms with Gasteiger partial charge in [0, 0.05) is 0 Å². The van der Waals surface area contributed by atoms with Gasteiger partial charge >= 0.3 is 10.2 Å². The molecule has 2 aromatic rings. The molecule has 0 spiro atoms. The van der Waals surface area contributed by atoms with Gasteiger partial charge in [0.2, 0.25) is 0 Å². The highest BCUT2D eigenvalue weighted by Gasteiger charge is 2.01. The lowest BCUT2D eigenvalue weighted by Crippen LogP contribution is -1.82. The molecule has 2 nitrogen and oxygen atoms in total. The quantitative estimate of drug-likeness (QED) is 0.751. The van der Waals surface area contributed by atoms with Gasteiger partial charge in [0.25, 0.3) is 0 Å². The van der Waals surface area contributed by atoms with E-state index in [9.17, 15) is 12.3 Å². The number of benzene rings is 2. The zero-order valence-electron chi connectivity index (χ0n) is 8.30. The maximum absolute atomic E-state index is 12.4. The summed E-state index contributed by atoms with van der Waals surface area (Å²) in [5.74, 6) is 0. The summed E-state index contributed by atoms with van der Waals surface area (Å²) in [6.45, 7) is 0. The first-order valence-corrected chi connectivity index (χ1v) is 6.11. The van der Waals surface area contributed by atoms with Gasteiger partial charge in [0.05, 0.1) is 5.41 Å². The van der Waals surface area contributed by atoms with Crippen LogP contribution in [-0.2, 0) is 10.2 Å². The molecule has 4 heteroatoms. The van der Waals surface area contributed by atoms with Crippen LogP contribution in [0.4, 0.5) is 3.89 Å². The van der Waals surface area contributed by atoms with Crippen LogP contribution in [0.2, 0.25) is 0 Å². The predicted molar refractivity (Wildman–Crippen MR) is 63.0 cm³/mol. The third kappa shape index (κ3) is 2.46. The third-order valence-electron chi connectivity index (χ3n) is 2.23. The van der Waals surface area contributed by atoms with Crippen LogP contribution >= 0.6 is 0 Å². The predicted octanol–water partition coefficient (Wildman–Crippen LogP) is 3.11. The van der Waals surface area contributed by atoms with E-state index in [1.165, 1.54) is 6.08 Å². The van der Waals surface area contributed by atoms with Crippen molar-refractivity contribution in [1.82, 2.24) is 0 Å². The highest BCUT2D eigenvalue weighted by Crippen LogP contribution is 2.19. The van der Waals surface area contributed by atoms with Gasteiger partial charge in [-0.05, 0) is 22.4 Å². The number of fused-ring (bicyclic) bond motifs is 1. The van der Waals surface area contributed by atoms with Crippen LogP contribution < -0.4 is 0 Å². The third-order valence-corrected chi connectivity index (χ3v) is 2.69. The largest absolute Gasteiger partial charge is 0.325 e. The molecule has 0 heterocycles. The normalized spacial score (nSPS) is 12.3. The van der Waals surface area contributed by atoms with Gasteiger partial charge in [-0.15, -0.1) is 3.89 Å². The van der Waals surface area contributed by atoms with Crippen molar-refractivity contribution in [2.24, 2.45) is 0 Å². The second-order valence-electron chi connectivity index (χ2n) is 3.35. The Bertz CT molecular complexity index is 640. The molecule has 2 aromatic carbocycles. The lowest BCUT2D eigenvalue weighted by molar-refractivity contribution is 0.563. The smallest absolute Gasteiger partial charge is 0.190 e. The van der Waals surface area contributed by atoms with E-state index in [0.717, 1.165) is 10.8 Å². The average molecular weight is 236 g/mol. The van der Waals surface area contributed by atoms with Crippen LogP contribution in [0.1, 0.15) is 5.56 Å². The summed E-state index contributed by atoms with van der Waals surface area (Å²) < 4.78 is 33.1. The molecule has 0 amide bonds. The van der Waals surface area contributed by atoms with Gasteiger partial charge in [0.1, 0.15) is 0 Å². The minimum atomic E-state index is -4.57. The first kappa shape index (κ1) is 10.8. The zero-order chi connectivity index (χ0) is 11.6. The highest BCUT2D eigenvalue weighted by atomic mass is 32.3. The van der Waals surface area contributed by atoms with Crippen molar-refractivity contribution in [2.75, 3.05) is 0 Å². The summed E-state index contributed by atoms with van der Waals surface area (Å²) in [6, 6.07) is 13.0. The van der Waals surface area contributed by atoms with E-state index >= 15 is 0 Å². The Morgan fingerprint density at radius 2 is 1.69 bits per heavy atom. The molecule has 82 valence electrons. The van der Waals surface area contributed by atoms with E-state index in [1.807, 2.05) is 30.3 Å². The van der Waals surface area contributed by atoms with Crippen LogP contribution in [0.3, 0.4) is 0 Å². The molecule has 0 aliphatic rings. The minimum absolute atomic E-state index is 0.564. The van der Waals surface area contributed by atoms with Gasteiger partial charge in [-0.2, -0.15) is 8.42 Å². The fourth-order valence-corrected chi connectivity index (χ4v) is 1.86. The zero-order valence-corrected chi connectivity index (χ0v) is 9.12. The van der Waals surface area contributed by atoms with E-state index in [4.69, 9.17) is 0 Å². The Morgan fingerprint density at radius 3 is 2.44 bits per heavy atom. The number of halogens is 1. The maximum atomic E-state index is 12.4. The van der Waals surface area contributed by atoms with Crippen molar-refractivity contribution < 1.29 is 12.3 Å². The molecule has 0 bridgehead atoms. The minimum Gasteiger partial charge on any atom is -0.190 e. The van der Waals surface area contributed by atoms with Crippen LogP contribution in [0.25, 0.3) is 16.8 Å². The maximum Gasteiger partial charge on any atom is 0.325 e. The highest BCUT2D eigenvalue weighted by molar-refractivity contribution is 7.89. The SMILES string of the molecule is O=S(=O)(F)/C=C/c1cccc2ccccc12. The van der Waals surface area contributed by atoms with E-state index in [-0.39, 0.29) is 0 Å². The monoisotopic (exact) mass is 236 g/mol. The number of hydrogen-bond acceptors (Lipinski definition) is 2. The molecule has 0 aliphatic heterocycles. The van der Waals surface area contributed by atoms with Crippen molar-refractivity contribution in [1.29, 1.82) is 0 Å². The van der Waals surface area contributed by atoms with Crippen molar-refractivity contribution in [3.05, 3.63) is 53.4 Å². The Balaban J connectivity index is 2.57. The molecule has 0 saturated carbocycles. The molecular weight excluding hydrogens is 227 g/mol. The van der Waals surface area contributed by atoms with Crippen molar-refractivity contribution in [3.8, 4) is 0 Å². The number of hydrogen-bond donors (Lipinski definition) is 0. The summed E-state index contributed by atoms with van der Waals surface area (Å²) in [5.41, 5.74) is 0.680. The molecule has 16 heavy (non-hydrogen) atoms. The van der Waals surface area contributed by atoms with Gasteiger partial charge < -0.3 is 0 Å². The fourth-order valence-electron chi connectivity index (χ4n) is 1.55. The van der Waals surface area contributed by atoms with Crippen molar-refractivity contribution in [3.63, 3.8) is 0 Å². The summed E-state index contributed by atoms with van der Waals surface area (Å²) in [5, 5.41) is 2.44. The first-order chi connectivity index (χ1) is 7.56. The first-order valence-electron chi connectivity index (χ1n) is 4.67. The van der Waals surface area contributed by atoms with Crippen LogP contribution in [0.15, 0.2) is 47.9 Å².